The van der Waals surface area contributed by atoms with Crippen LogP contribution >= 0.6 is 0 Å². The summed E-state index contributed by atoms with van der Waals surface area (Å²) in [5.74, 6) is -1.95. The fourth-order valence-corrected chi connectivity index (χ4v) is 3.80. The lowest BCUT2D eigenvalue weighted by Crippen LogP contribution is -2.49. The van der Waals surface area contributed by atoms with Crippen molar-refractivity contribution in [3.63, 3.8) is 0 Å². The van der Waals surface area contributed by atoms with Crippen LogP contribution in [0.1, 0.15) is 44.9 Å². The van der Waals surface area contributed by atoms with Gasteiger partial charge in [-0.3, -0.25) is 24.6 Å². The fourth-order valence-electron chi connectivity index (χ4n) is 3.80. The van der Waals surface area contributed by atoms with Crippen LogP contribution in [0.3, 0.4) is 0 Å². The van der Waals surface area contributed by atoms with E-state index >= 15 is 0 Å². The number of hydrogen-bond donors (Lipinski definition) is 2. The molecule has 5 amide bonds. The second-order valence-electron chi connectivity index (χ2n) is 6.77. The zero-order valence-electron chi connectivity index (χ0n) is 13.6. The molecule has 0 aromatic rings. The van der Waals surface area contributed by atoms with E-state index in [0.29, 0.717) is 12.8 Å². The van der Waals surface area contributed by atoms with E-state index in [9.17, 15) is 19.2 Å². The van der Waals surface area contributed by atoms with E-state index in [4.69, 9.17) is 0 Å². The number of fused-ring (bicyclic) bond motifs is 1. The molecule has 2 atom stereocenters. The van der Waals surface area contributed by atoms with Gasteiger partial charge in [0.1, 0.15) is 6.54 Å². The van der Waals surface area contributed by atoms with Crippen molar-refractivity contribution in [1.29, 1.82) is 0 Å². The van der Waals surface area contributed by atoms with Gasteiger partial charge in [-0.1, -0.05) is 31.4 Å². The first-order valence-electron chi connectivity index (χ1n) is 8.67. The zero-order valence-corrected chi connectivity index (χ0v) is 13.6. The number of amides is 5. The molecule has 1 saturated carbocycles. The standard InChI is InChI=1S/C17H23N3O4/c21-14(19-17(24)18-11-6-2-1-3-7-11)10-20-15(22)12-8-4-5-9-13(12)16(20)23/h4-5,11-13H,1-3,6-10H2,(H2,18,19,21,24)/t12-,13+. The molecule has 7 heteroatoms. The van der Waals surface area contributed by atoms with E-state index in [1.165, 1.54) is 6.42 Å². The minimum atomic E-state index is -0.628. The number of imide groups is 2. The smallest absolute Gasteiger partial charge is 0.321 e. The molecule has 0 unspecified atom stereocenters. The summed E-state index contributed by atoms with van der Waals surface area (Å²) < 4.78 is 0. The molecule has 2 aliphatic carbocycles. The van der Waals surface area contributed by atoms with Gasteiger partial charge in [-0.15, -0.1) is 0 Å². The summed E-state index contributed by atoms with van der Waals surface area (Å²) in [6.07, 6.45) is 10.0. The van der Waals surface area contributed by atoms with E-state index in [2.05, 4.69) is 10.6 Å². The summed E-state index contributed by atoms with van der Waals surface area (Å²) in [6.45, 7) is -0.386. The van der Waals surface area contributed by atoms with Crippen LogP contribution in [0, 0.1) is 11.8 Å². The minimum absolute atomic E-state index is 0.0931. The highest BCUT2D eigenvalue weighted by atomic mass is 16.2. The van der Waals surface area contributed by atoms with Gasteiger partial charge in [0.15, 0.2) is 0 Å². The Hall–Kier alpha value is -2.18. The second-order valence-corrected chi connectivity index (χ2v) is 6.77. The predicted octanol–water partition coefficient (Wildman–Crippen LogP) is 1.10. The topological polar surface area (TPSA) is 95.6 Å². The highest BCUT2D eigenvalue weighted by Gasteiger charge is 2.47. The number of nitrogens with zero attached hydrogens (tertiary/aromatic N) is 1. The predicted molar refractivity (Wildman–Crippen MR) is 85.6 cm³/mol. The molecule has 3 aliphatic rings. The molecule has 3 rings (SSSR count). The second kappa shape index (κ2) is 7.15. The van der Waals surface area contributed by atoms with E-state index in [-0.39, 0.29) is 36.2 Å². The molecule has 1 heterocycles. The molecule has 130 valence electrons. The van der Waals surface area contributed by atoms with Gasteiger partial charge in [0.25, 0.3) is 0 Å². The molecule has 2 N–H and O–H groups in total. The van der Waals surface area contributed by atoms with E-state index in [1.54, 1.807) is 0 Å². The summed E-state index contributed by atoms with van der Waals surface area (Å²) >= 11 is 0. The first-order valence-corrected chi connectivity index (χ1v) is 8.67. The van der Waals surface area contributed by atoms with Gasteiger partial charge in [-0.2, -0.15) is 0 Å². The van der Waals surface area contributed by atoms with Crippen LogP contribution in [0.4, 0.5) is 4.79 Å². The number of rotatable bonds is 3. The average Bonchev–Trinajstić information content (AvgIpc) is 2.81. The Bertz CT molecular complexity index is 554. The molecule has 0 radical (unpaired) electrons. The largest absolute Gasteiger partial charge is 0.335 e. The third-order valence-electron chi connectivity index (χ3n) is 5.09. The fraction of sp³-hybridized carbons (Fsp3) is 0.647. The summed E-state index contributed by atoms with van der Waals surface area (Å²) in [6, 6.07) is -0.458. The molecular formula is C17H23N3O4. The van der Waals surface area contributed by atoms with Crippen molar-refractivity contribution in [3.8, 4) is 0 Å². The van der Waals surface area contributed by atoms with Crippen molar-refractivity contribution in [1.82, 2.24) is 15.5 Å². The van der Waals surface area contributed by atoms with Crippen molar-refractivity contribution < 1.29 is 19.2 Å². The first-order chi connectivity index (χ1) is 11.6. The van der Waals surface area contributed by atoms with Crippen LogP contribution in [0.2, 0.25) is 0 Å². The van der Waals surface area contributed by atoms with E-state index in [0.717, 1.165) is 30.6 Å². The Balaban J connectivity index is 1.50. The third kappa shape index (κ3) is 3.49. The van der Waals surface area contributed by atoms with Crippen LogP contribution in [0.25, 0.3) is 0 Å². The van der Waals surface area contributed by atoms with E-state index < -0.39 is 11.9 Å². The van der Waals surface area contributed by atoms with Gasteiger partial charge in [-0.05, 0) is 25.7 Å². The summed E-state index contributed by atoms with van der Waals surface area (Å²) in [5, 5.41) is 5.00. The number of carbonyl (C=O) groups excluding carboxylic acids is 4. The summed E-state index contributed by atoms with van der Waals surface area (Å²) in [7, 11) is 0. The Morgan fingerprint density at radius 2 is 1.58 bits per heavy atom. The molecule has 0 aromatic heterocycles. The van der Waals surface area contributed by atoms with Gasteiger partial charge in [0.05, 0.1) is 11.8 Å². The van der Waals surface area contributed by atoms with Crippen molar-refractivity contribution in [2.45, 2.75) is 51.0 Å². The Labute approximate surface area is 140 Å². The first kappa shape index (κ1) is 16.7. The quantitative estimate of drug-likeness (QED) is 0.597. The number of hydrogen-bond acceptors (Lipinski definition) is 4. The normalized spacial score (nSPS) is 27.1. The molecule has 1 saturated heterocycles. The Morgan fingerprint density at radius 3 is 2.17 bits per heavy atom. The lowest BCUT2D eigenvalue weighted by atomic mass is 9.85. The SMILES string of the molecule is O=C(CN1C(=O)[C@H]2CC=CC[C@H]2C1=O)NC(=O)NC1CCCCC1. The molecule has 0 spiro atoms. The number of likely N-dealkylation sites (tertiary alicyclic amines) is 1. The summed E-state index contributed by atoms with van der Waals surface area (Å²) in [4.78, 5) is 49.4. The van der Waals surface area contributed by atoms with Gasteiger partial charge in [0.2, 0.25) is 17.7 Å². The van der Waals surface area contributed by atoms with Crippen LogP contribution in [0.5, 0.6) is 0 Å². The molecular weight excluding hydrogens is 310 g/mol. The highest BCUT2D eigenvalue weighted by Crippen LogP contribution is 2.34. The van der Waals surface area contributed by atoms with Crippen LogP contribution in [0.15, 0.2) is 12.2 Å². The van der Waals surface area contributed by atoms with Crippen molar-refractivity contribution in [3.05, 3.63) is 12.2 Å². The number of urea groups is 1. The Morgan fingerprint density at radius 1 is 1.00 bits per heavy atom. The van der Waals surface area contributed by atoms with Crippen molar-refractivity contribution in [2.24, 2.45) is 11.8 Å². The zero-order chi connectivity index (χ0) is 17.1. The van der Waals surface area contributed by atoms with Gasteiger partial charge in [-0.25, -0.2) is 4.79 Å². The Kier molecular flexibility index (Phi) is 4.97. The number of allylic oxidation sites excluding steroid dienone is 2. The molecule has 7 nitrogen and oxygen atoms in total. The molecule has 24 heavy (non-hydrogen) atoms. The summed E-state index contributed by atoms with van der Waals surface area (Å²) in [5.41, 5.74) is 0. The van der Waals surface area contributed by atoms with Gasteiger partial charge < -0.3 is 5.32 Å². The number of nitrogens with one attached hydrogen (secondary N) is 2. The molecule has 2 fully saturated rings. The monoisotopic (exact) mass is 333 g/mol. The van der Waals surface area contributed by atoms with Crippen LogP contribution < -0.4 is 10.6 Å². The minimum Gasteiger partial charge on any atom is -0.335 e. The third-order valence-corrected chi connectivity index (χ3v) is 5.09. The maximum Gasteiger partial charge on any atom is 0.321 e. The highest BCUT2D eigenvalue weighted by molar-refractivity contribution is 6.08. The lowest BCUT2D eigenvalue weighted by Gasteiger charge is -2.22. The molecule has 0 aromatic carbocycles. The number of carbonyl (C=O) groups is 4. The van der Waals surface area contributed by atoms with Gasteiger partial charge in [0, 0.05) is 6.04 Å². The van der Waals surface area contributed by atoms with E-state index in [1.807, 2.05) is 12.2 Å². The average molecular weight is 333 g/mol. The lowest BCUT2D eigenvalue weighted by molar-refractivity contribution is -0.143. The van der Waals surface area contributed by atoms with Gasteiger partial charge >= 0.3 is 6.03 Å². The maximum atomic E-state index is 12.3. The maximum absolute atomic E-state index is 12.3. The van der Waals surface area contributed by atoms with Crippen LogP contribution in [-0.2, 0) is 14.4 Å². The van der Waals surface area contributed by atoms with Crippen molar-refractivity contribution in [2.75, 3.05) is 6.54 Å². The molecule has 0 bridgehead atoms. The van der Waals surface area contributed by atoms with Crippen LogP contribution in [-0.4, -0.2) is 41.2 Å². The molecule has 1 aliphatic heterocycles. The van der Waals surface area contributed by atoms with Crippen molar-refractivity contribution >= 4 is 23.8 Å².